The molecular weight excluding hydrogens is 355 g/mol. The molecule has 0 saturated carbocycles. The number of aliphatic imine (C=N–C) groups is 1. The lowest BCUT2D eigenvalue weighted by molar-refractivity contribution is -0.115. The number of hydrogen-bond acceptors (Lipinski definition) is 5. The molecular formula is C19H17FN2O3S. The Morgan fingerprint density at radius 2 is 2.04 bits per heavy atom. The molecule has 5 nitrogen and oxygen atoms in total. The maximum Gasteiger partial charge on any atom is 0.264 e. The van der Waals surface area contributed by atoms with E-state index in [0.717, 1.165) is 17.3 Å². The van der Waals surface area contributed by atoms with E-state index in [-0.39, 0.29) is 11.6 Å². The van der Waals surface area contributed by atoms with Crippen LogP contribution in [0.3, 0.4) is 0 Å². The molecule has 1 aliphatic heterocycles. The summed E-state index contributed by atoms with van der Waals surface area (Å²) in [5.41, 5.74) is 0.971. The molecule has 1 fully saturated rings. The third kappa shape index (κ3) is 4.05. The summed E-state index contributed by atoms with van der Waals surface area (Å²) in [6.07, 6.45) is 1.73. The molecule has 2 aromatic carbocycles. The number of benzene rings is 2. The van der Waals surface area contributed by atoms with Crippen LogP contribution in [0.2, 0.25) is 0 Å². The Morgan fingerprint density at radius 3 is 2.77 bits per heavy atom. The number of carbonyl (C=O) groups is 1. The summed E-state index contributed by atoms with van der Waals surface area (Å²) in [6.45, 7) is 2.39. The number of para-hydroxylation sites is 1. The van der Waals surface area contributed by atoms with Crippen molar-refractivity contribution >= 4 is 34.6 Å². The molecule has 1 heterocycles. The Hall–Kier alpha value is -2.80. The Labute approximate surface area is 154 Å². The smallest absolute Gasteiger partial charge is 0.264 e. The van der Waals surface area contributed by atoms with Crippen LogP contribution in [0, 0.1) is 5.82 Å². The molecule has 0 spiro atoms. The van der Waals surface area contributed by atoms with Gasteiger partial charge < -0.3 is 14.8 Å². The summed E-state index contributed by atoms with van der Waals surface area (Å²) < 4.78 is 24.5. The highest BCUT2D eigenvalue weighted by Crippen LogP contribution is 2.32. The van der Waals surface area contributed by atoms with Gasteiger partial charge >= 0.3 is 0 Å². The minimum atomic E-state index is -0.441. The first kappa shape index (κ1) is 18.0. The highest BCUT2D eigenvalue weighted by atomic mass is 32.2. The molecule has 0 aromatic heterocycles. The van der Waals surface area contributed by atoms with Crippen LogP contribution < -0.4 is 14.8 Å². The molecule has 0 unspecified atom stereocenters. The summed E-state index contributed by atoms with van der Waals surface area (Å²) >= 11 is 1.16. The van der Waals surface area contributed by atoms with Crippen LogP contribution in [0.15, 0.2) is 52.4 Å². The first-order chi connectivity index (χ1) is 12.6. The second-order valence-corrected chi connectivity index (χ2v) is 6.31. The van der Waals surface area contributed by atoms with Crippen molar-refractivity contribution in [1.29, 1.82) is 0 Å². The molecule has 1 amide bonds. The minimum Gasteiger partial charge on any atom is -0.493 e. The molecule has 2 aromatic rings. The Balaban J connectivity index is 1.85. The van der Waals surface area contributed by atoms with Gasteiger partial charge in [-0.1, -0.05) is 18.2 Å². The molecule has 7 heteroatoms. The zero-order valence-corrected chi connectivity index (χ0v) is 15.1. The van der Waals surface area contributed by atoms with Gasteiger partial charge in [0.25, 0.3) is 5.91 Å². The largest absolute Gasteiger partial charge is 0.493 e. The summed E-state index contributed by atoms with van der Waals surface area (Å²) in [5.74, 6) is 0.509. The predicted molar refractivity (Wildman–Crippen MR) is 101 cm³/mol. The van der Waals surface area contributed by atoms with Crippen molar-refractivity contribution in [3.05, 3.63) is 58.8 Å². The zero-order valence-electron chi connectivity index (χ0n) is 14.3. The van der Waals surface area contributed by atoms with Gasteiger partial charge in [0.2, 0.25) is 0 Å². The van der Waals surface area contributed by atoms with E-state index in [9.17, 15) is 9.18 Å². The van der Waals surface area contributed by atoms with E-state index in [1.165, 1.54) is 6.07 Å². The predicted octanol–water partition coefficient (Wildman–Crippen LogP) is 4.12. The molecule has 1 aliphatic rings. The van der Waals surface area contributed by atoms with Crippen molar-refractivity contribution < 1.29 is 18.7 Å². The van der Waals surface area contributed by atoms with E-state index in [1.54, 1.807) is 43.5 Å². The quantitative estimate of drug-likeness (QED) is 0.802. The molecule has 0 bridgehead atoms. The van der Waals surface area contributed by atoms with Gasteiger partial charge in [0.15, 0.2) is 16.7 Å². The fraction of sp³-hybridized carbons (Fsp3) is 0.158. The maximum atomic E-state index is 13.7. The number of rotatable bonds is 5. The lowest BCUT2D eigenvalue weighted by atomic mass is 10.2. The van der Waals surface area contributed by atoms with Gasteiger partial charge in [-0.2, -0.15) is 0 Å². The minimum absolute atomic E-state index is 0.180. The number of nitrogens with one attached hydrogen (secondary N) is 1. The van der Waals surface area contributed by atoms with Crippen LogP contribution in [-0.2, 0) is 4.79 Å². The highest BCUT2D eigenvalue weighted by molar-refractivity contribution is 8.18. The Morgan fingerprint density at radius 1 is 1.23 bits per heavy atom. The second kappa shape index (κ2) is 8.05. The number of amides is 1. The van der Waals surface area contributed by atoms with Crippen molar-refractivity contribution in [2.75, 3.05) is 13.7 Å². The van der Waals surface area contributed by atoms with E-state index in [1.807, 2.05) is 13.0 Å². The monoisotopic (exact) mass is 372 g/mol. The Kier molecular flexibility index (Phi) is 5.58. The number of methoxy groups -OCH3 is 1. The highest BCUT2D eigenvalue weighted by Gasteiger charge is 2.24. The van der Waals surface area contributed by atoms with Gasteiger partial charge in [0.1, 0.15) is 11.5 Å². The molecule has 26 heavy (non-hydrogen) atoms. The number of hydrogen-bond donors (Lipinski definition) is 1. The molecule has 134 valence electrons. The van der Waals surface area contributed by atoms with Crippen molar-refractivity contribution in [2.24, 2.45) is 4.99 Å². The molecule has 0 aliphatic carbocycles. The maximum absolute atomic E-state index is 13.7. The first-order valence-electron chi connectivity index (χ1n) is 7.95. The van der Waals surface area contributed by atoms with E-state index < -0.39 is 5.82 Å². The molecule has 1 saturated heterocycles. The van der Waals surface area contributed by atoms with Crippen LogP contribution in [0.1, 0.15) is 12.5 Å². The summed E-state index contributed by atoms with van der Waals surface area (Å²) in [4.78, 5) is 16.8. The van der Waals surface area contributed by atoms with Crippen molar-refractivity contribution in [1.82, 2.24) is 5.32 Å². The number of thioether (sulfide) groups is 1. The zero-order chi connectivity index (χ0) is 18.5. The summed E-state index contributed by atoms with van der Waals surface area (Å²) in [6, 6.07) is 11.6. The van der Waals surface area contributed by atoms with Crippen LogP contribution in [0.4, 0.5) is 10.1 Å². The van der Waals surface area contributed by atoms with Crippen LogP contribution >= 0.6 is 11.8 Å². The van der Waals surface area contributed by atoms with Crippen LogP contribution in [0.5, 0.6) is 11.5 Å². The number of halogens is 1. The van der Waals surface area contributed by atoms with Gasteiger partial charge in [0.05, 0.1) is 18.6 Å². The third-order valence-corrected chi connectivity index (χ3v) is 4.42. The SMILES string of the molecule is CCOc1cc(/C=C2\SC(=Nc3ccccc3F)NC2=O)ccc1OC. The van der Waals surface area contributed by atoms with Crippen molar-refractivity contribution in [3.8, 4) is 11.5 Å². The van der Waals surface area contributed by atoms with E-state index in [2.05, 4.69) is 10.3 Å². The fourth-order valence-corrected chi connectivity index (χ4v) is 3.17. The van der Waals surface area contributed by atoms with Gasteiger partial charge in [-0.15, -0.1) is 0 Å². The number of amidine groups is 1. The topological polar surface area (TPSA) is 59.9 Å². The third-order valence-electron chi connectivity index (χ3n) is 3.51. The molecule has 0 radical (unpaired) electrons. The van der Waals surface area contributed by atoms with Crippen LogP contribution in [0.25, 0.3) is 6.08 Å². The second-order valence-electron chi connectivity index (χ2n) is 5.28. The van der Waals surface area contributed by atoms with E-state index >= 15 is 0 Å². The number of ether oxygens (including phenoxy) is 2. The lowest BCUT2D eigenvalue weighted by Crippen LogP contribution is -2.19. The normalized spacial score (nSPS) is 16.8. The molecule has 3 rings (SSSR count). The fourth-order valence-electron chi connectivity index (χ4n) is 2.34. The first-order valence-corrected chi connectivity index (χ1v) is 8.77. The molecule has 0 atom stereocenters. The van der Waals surface area contributed by atoms with Gasteiger partial charge in [-0.05, 0) is 54.6 Å². The van der Waals surface area contributed by atoms with E-state index in [4.69, 9.17) is 9.47 Å². The lowest BCUT2D eigenvalue weighted by Gasteiger charge is -2.09. The van der Waals surface area contributed by atoms with Gasteiger partial charge in [0, 0.05) is 0 Å². The average molecular weight is 372 g/mol. The standard InChI is InChI=1S/C19H17FN2O3S/c1-3-25-16-10-12(8-9-15(16)24-2)11-17-18(23)22-19(26-17)21-14-7-5-4-6-13(14)20/h4-11H,3H2,1-2H3,(H,21,22,23)/b17-11-. The van der Waals surface area contributed by atoms with Gasteiger partial charge in [-0.3, -0.25) is 4.79 Å². The van der Waals surface area contributed by atoms with E-state index in [0.29, 0.717) is 28.2 Å². The number of nitrogens with zero attached hydrogens (tertiary/aromatic N) is 1. The van der Waals surface area contributed by atoms with Crippen molar-refractivity contribution in [3.63, 3.8) is 0 Å². The van der Waals surface area contributed by atoms with Crippen LogP contribution in [-0.4, -0.2) is 24.8 Å². The average Bonchev–Trinajstić information content (AvgIpc) is 2.97. The number of carbonyl (C=O) groups excluding carboxylic acids is 1. The Bertz CT molecular complexity index is 896. The summed E-state index contributed by atoms with van der Waals surface area (Å²) in [5, 5.41) is 2.98. The molecule has 1 N–H and O–H groups in total. The van der Waals surface area contributed by atoms with Gasteiger partial charge in [-0.25, -0.2) is 9.38 Å². The van der Waals surface area contributed by atoms with Crippen molar-refractivity contribution in [2.45, 2.75) is 6.92 Å². The summed E-state index contributed by atoms with van der Waals surface area (Å²) in [7, 11) is 1.57.